The van der Waals surface area contributed by atoms with Crippen molar-refractivity contribution in [2.45, 2.75) is 32.6 Å². The Bertz CT molecular complexity index is 1090. The predicted molar refractivity (Wildman–Crippen MR) is 118 cm³/mol. The second-order valence-corrected chi connectivity index (χ2v) is 8.32. The molecule has 0 amide bonds. The molecule has 3 aromatic rings. The highest BCUT2D eigenvalue weighted by atomic mass is 15.1. The van der Waals surface area contributed by atoms with Gasteiger partial charge in [-0.1, -0.05) is 61.5 Å². The average molecular weight is 380 g/mol. The fourth-order valence-electron chi connectivity index (χ4n) is 4.79. The van der Waals surface area contributed by atoms with Gasteiger partial charge in [0, 0.05) is 29.8 Å². The van der Waals surface area contributed by atoms with Crippen LogP contribution in [0, 0.1) is 17.2 Å². The van der Waals surface area contributed by atoms with E-state index in [9.17, 15) is 5.26 Å². The first-order chi connectivity index (χ1) is 14.3. The summed E-state index contributed by atoms with van der Waals surface area (Å²) in [6, 6.07) is 21.3. The Morgan fingerprint density at radius 3 is 2.41 bits per heavy atom. The average Bonchev–Trinajstić information content (AvgIpc) is 2.79. The number of pyridine rings is 1. The van der Waals surface area contributed by atoms with Crippen LogP contribution in [0.5, 0.6) is 0 Å². The molecular weight excluding hydrogens is 354 g/mol. The third-order valence-electron chi connectivity index (χ3n) is 6.44. The first kappa shape index (κ1) is 17.9. The van der Waals surface area contributed by atoms with Crippen LogP contribution in [0.3, 0.4) is 0 Å². The molecule has 1 aliphatic heterocycles. The van der Waals surface area contributed by atoms with E-state index >= 15 is 0 Å². The molecular formula is C26H25N3. The van der Waals surface area contributed by atoms with Crippen molar-refractivity contribution >= 4 is 5.69 Å². The Morgan fingerprint density at radius 2 is 1.66 bits per heavy atom. The number of anilines is 1. The van der Waals surface area contributed by atoms with Crippen LogP contribution in [0.25, 0.3) is 22.5 Å². The Balaban J connectivity index is 1.78. The molecule has 2 heterocycles. The topological polar surface area (TPSA) is 39.9 Å². The Labute approximate surface area is 172 Å². The highest BCUT2D eigenvalue weighted by molar-refractivity contribution is 5.85. The number of benzene rings is 2. The van der Waals surface area contributed by atoms with Crippen molar-refractivity contribution in [1.82, 2.24) is 4.98 Å². The lowest BCUT2D eigenvalue weighted by atomic mass is 9.85. The van der Waals surface area contributed by atoms with Gasteiger partial charge in [0.2, 0.25) is 0 Å². The molecule has 1 saturated heterocycles. The predicted octanol–water partition coefficient (Wildman–Crippen LogP) is 5.62. The monoisotopic (exact) mass is 379 g/mol. The lowest BCUT2D eigenvalue weighted by Gasteiger charge is -2.36. The Hall–Kier alpha value is -3.12. The van der Waals surface area contributed by atoms with Gasteiger partial charge in [0.05, 0.1) is 17.1 Å². The van der Waals surface area contributed by atoms with Crippen LogP contribution in [0.2, 0.25) is 0 Å². The minimum atomic E-state index is 0.740. The van der Waals surface area contributed by atoms with E-state index in [2.05, 4.69) is 54.3 Å². The SMILES string of the molecule is CC1CCN(c2c(C#N)c(-c3ccccc3)nc3c2CCc2ccccc2-3)CC1. The van der Waals surface area contributed by atoms with Crippen molar-refractivity contribution in [2.75, 3.05) is 18.0 Å². The van der Waals surface area contributed by atoms with Crippen LogP contribution < -0.4 is 4.90 Å². The zero-order chi connectivity index (χ0) is 19.8. The highest BCUT2D eigenvalue weighted by Crippen LogP contribution is 2.43. The van der Waals surface area contributed by atoms with Crippen molar-refractivity contribution in [1.29, 1.82) is 5.26 Å². The second-order valence-electron chi connectivity index (χ2n) is 8.32. The van der Waals surface area contributed by atoms with Crippen molar-refractivity contribution in [3.63, 3.8) is 0 Å². The molecule has 3 heteroatoms. The zero-order valence-corrected chi connectivity index (χ0v) is 16.9. The van der Waals surface area contributed by atoms with E-state index in [1.54, 1.807) is 0 Å². The fourth-order valence-corrected chi connectivity index (χ4v) is 4.79. The maximum absolute atomic E-state index is 10.2. The molecule has 1 aliphatic carbocycles. The van der Waals surface area contributed by atoms with Gasteiger partial charge in [0.25, 0.3) is 0 Å². The molecule has 3 nitrogen and oxygen atoms in total. The van der Waals surface area contributed by atoms with E-state index in [1.165, 1.54) is 29.5 Å². The summed E-state index contributed by atoms with van der Waals surface area (Å²) in [5.74, 6) is 0.753. The zero-order valence-electron chi connectivity index (χ0n) is 16.9. The number of hydrogen-bond acceptors (Lipinski definition) is 3. The summed E-state index contributed by atoms with van der Waals surface area (Å²) in [5, 5.41) is 10.2. The molecule has 0 radical (unpaired) electrons. The Kier molecular flexibility index (Phi) is 4.56. The van der Waals surface area contributed by atoms with Crippen molar-refractivity contribution in [3.05, 3.63) is 71.3 Å². The quantitative estimate of drug-likeness (QED) is 0.580. The van der Waals surface area contributed by atoms with E-state index in [0.29, 0.717) is 0 Å². The van der Waals surface area contributed by atoms with Crippen LogP contribution in [0.1, 0.15) is 36.5 Å². The summed E-state index contributed by atoms with van der Waals surface area (Å²) in [5.41, 5.74) is 8.62. The molecule has 0 atom stereocenters. The van der Waals surface area contributed by atoms with E-state index in [4.69, 9.17) is 4.98 Å². The molecule has 144 valence electrons. The molecule has 2 aromatic carbocycles. The summed E-state index contributed by atoms with van der Waals surface area (Å²) in [6.45, 7) is 4.36. The minimum Gasteiger partial charge on any atom is -0.370 e. The molecule has 0 bridgehead atoms. The molecule has 2 aliphatic rings. The summed E-state index contributed by atoms with van der Waals surface area (Å²) >= 11 is 0. The first-order valence-electron chi connectivity index (χ1n) is 10.6. The third kappa shape index (κ3) is 3.09. The number of nitriles is 1. The summed E-state index contributed by atoms with van der Waals surface area (Å²) in [7, 11) is 0. The van der Waals surface area contributed by atoms with E-state index < -0.39 is 0 Å². The molecule has 29 heavy (non-hydrogen) atoms. The number of fused-ring (bicyclic) bond motifs is 3. The standard InChI is InChI=1S/C26H25N3/c1-18-13-15-29(16-14-18)26-22-12-11-19-7-5-6-10-21(19)25(22)28-24(23(26)17-27)20-8-3-2-4-9-20/h2-10,18H,11-16H2,1H3. The van der Waals surface area contributed by atoms with Gasteiger partial charge in [0.15, 0.2) is 0 Å². The first-order valence-corrected chi connectivity index (χ1v) is 10.6. The summed E-state index contributed by atoms with van der Waals surface area (Å²) in [6.07, 6.45) is 4.32. The molecule has 0 N–H and O–H groups in total. The third-order valence-corrected chi connectivity index (χ3v) is 6.44. The number of aromatic nitrogens is 1. The van der Waals surface area contributed by atoms with Crippen LogP contribution in [-0.4, -0.2) is 18.1 Å². The maximum Gasteiger partial charge on any atom is 0.104 e. The van der Waals surface area contributed by atoms with Crippen LogP contribution in [0.15, 0.2) is 54.6 Å². The molecule has 5 rings (SSSR count). The molecule has 1 fully saturated rings. The summed E-state index contributed by atoms with van der Waals surface area (Å²) < 4.78 is 0. The Morgan fingerprint density at radius 1 is 0.931 bits per heavy atom. The number of piperidine rings is 1. The molecule has 0 unspecified atom stereocenters. The molecule has 0 saturated carbocycles. The maximum atomic E-state index is 10.2. The van der Waals surface area contributed by atoms with Gasteiger partial charge in [-0.05, 0) is 37.2 Å². The van der Waals surface area contributed by atoms with Crippen molar-refractivity contribution < 1.29 is 0 Å². The number of aryl methyl sites for hydroxylation is 1. The van der Waals surface area contributed by atoms with Gasteiger partial charge in [0.1, 0.15) is 11.6 Å². The van der Waals surface area contributed by atoms with Gasteiger partial charge in [-0.3, -0.25) is 0 Å². The van der Waals surface area contributed by atoms with Gasteiger partial charge < -0.3 is 4.90 Å². The van der Waals surface area contributed by atoms with Crippen molar-refractivity contribution in [2.24, 2.45) is 5.92 Å². The fraction of sp³-hybridized carbons (Fsp3) is 0.308. The molecule has 1 aromatic heterocycles. The van der Waals surface area contributed by atoms with Crippen LogP contribution in [-0.2, 0) is 12.8 Å². The van der Waals surface area contributed by atoms with Gasteiger partial charge in [-0.2, -0.15) is 5.26 Å². The van der Waals surface area contributed by atoms with Crippen LogP contribution in [0.4, 0.5) is 5.69 Å². The number of rotatable bonds is 2. The van der Waals surface area contributed by atoms with Gasteiger partial charge in [-0.15, -0.1) is 0 Å². The lowest BCUT2D eigenvalue weighted by Crippen LogP contribution is -2.34. The second kappa shape index (κ2) is 7.37. The largest absolute Gasteiger partial charge is 0.370 e. The van der Waals surface area contributed by atoms with Gasteiger partial charge >= 0.3 is 0 Å². The lowest BCUT2D eigenvalue weighted by molar-refractivity contribution is 0.437. The molecule has 0 spiro atoms. The normalized spacial score (nSPS) is 16.1. The number of nitrogens with zero attached hydrogens (tertiary/aromatic N) is 3. The summed E-state index contributed by atoms with van der Waals surface area (Å²) in [4.78, 5) is 7.57. The minimum absolute atomic E-state index is 0.740. The number of hydrogen-bond donors (Lipinski definition) is 0. The van der Waals surface area contributed by atoms with E-state index in [0.717, 1.165) is 60.1 Å². The van der Waals surface area contributed by atoms with E-state index in [1.807, 2.05) is 18.2 Å². The van der Waals surface area contributed by atoms with Crippen molar-refractivity contribution in [3.8, 4) is 28.6 Å². The smallest absolute Gasteiger partial charge is 0.104 e. The van der Waals surface area contributed by atoms with E-state index in [-0.39, 0.29) is 0 Å². The highest BCUT2D eigenvalue weighted by Gasteiger charge is 2.29. The van der Waals surface area contributed by atoms with Crippen LogP contribution >= 0.6 is 0 Å². The van der Waals surface area contributed by atoms with Gasteiger partial charge in [-0.25, -0.2) is 4.98 Å².